The van der Waals surface area contributed by atoms with Gasteiger partial charge >= 0.3 is 0 Å². The van der Waals surface area contributed by atoms with Crippen molar-refractivity contribution in [1.82, 2.24) is 5.32 Å². The van der Waals surface area contributed by atoms with Gasteiger partial charge in [0.1, 0.15) is 5.82 Å². The third-order valence-electron chi connectivity index (χ3n) is 5.19. The number of hydrogen-bond acceptors (Lipinski definition) is 3. The number of sulfone groups is 1. The highest BCUT2D eigenvalue weighted by molar-refractivity contribution is 7.91. The van der Waals surface area contributed by atoms with Crippen LogP contribution in [0.4, 0.5) is 4.39 Å². The summed E-state index contributed by atoms with van der Waals surface area (Å²) in [6.07, 6.45) is 3.93. The van der Waals surface area contributed by atoms with Crippen molar-refractivity contribution in [3.05, 3.63) is 35.6 Å². The Morgan fingerprint density at radius 1 is 1.26 bits per heavy atom. The molecule has 1 aromatic rings. The van der Waals surface area contributed by atoms with E-state index < -0.39 is 9.84 Å². The highest BCUT2D eigenvalue weighted by Crippen LogP contribution is 2.43. The highest BCUT2D eigenvalue weighted by atomic mass is 32.2. The lowest BCUT2D eigenvalue weighted by atomic mass is 9.64. The van der Waals surface area contributed by atoms with Crippen molar-refractivity contribution >= 4 is 15.7 Å². The third-order valence-corrected chi connectivity index (χ3v) is 7.03. The molecule has 0 spiro atoms. The molecule has 2 fully saturated rings. The Bertz CT molecular complexity index is 680. The van der Waals surface area contributed by atoms with E-state index in [1.807, 2.05) is 0 Å². The van der Waals surface area contributed by atoms with Gasteiger partial charge in [0, 0.05) is 18.4 Å². The van der Waals surface area contributed by atoms with E-state index in [1.165, 1.54) is 12.1 Å². The zero-order valence-electron chi connectivity index (χ0n) is 13.1. The number of carbonyl (C=O) groups excluding carboxylic acids is 1. The molecule has 0 unspecified atom stereocenters. The van der Waals surface area contributed by atoms with Gasteiger partial charge in [-0.1, -0.05) is 18.6 Å². The first-order valence-electron chi connectivity index (χ1n) is 8.12. The molecule has 2 aliphatic rings. The van der Waals surface area contributed by atoms with Crippen LogP contribution in [0.5, 0.6) is 0 Å². The summed E-state index contributed by atoms with van der Waals surface area (Å²) in [5.41, 5.74) is 0.972. The number of nitrogens with one attached hydrogen (secondary N) is 1. The summed E-state index contributed by atoms with van der Waals surface area (Å²) in [5, 5.41) is 2.97. The lowest BCUT2D eigenvalue weighted by Crippen LogP contribution is -2.45. The van der Waals surface area contributed by atoms with Crippen LogP contribution in [0.3, 0.4) is 0 Å². The number of carbonyl (C=O) groups is 1. The Balaban J connectivity index is 1.56. The number of halogens is 1. The van der Waals surface area contributed by atoms with E-state index in [-0.39, 0.29) is 41.0 Å². The molecular weight excluding hydrogens is 317 g/mol. The van der Waals surface area contributed by atoms with Crippen LogP contribution in [-0.2, 0) is 20.0 Å². The van der Waals surface area contributed by atoms with E-state index in [0.717, 1.165) is 24.8 Å². The summed E-state index contributed by atoms with van der Waals surface area (Å²) in [6.45, 7) is 0.539. The molecule has 1 heterocycles. The molecule has 1 atom stereocenters. The minimum Gasteiger partial charge on any atom is -0.355 e. The molecule has 0 bridgehead atoms. The molecule has 0 radical (unpaired) electrons. The first kappa shape index (κ1) is 16.4. The van der Waals surface area contributed by atoms with Crippen molar-refractivity contribution in [1.29, 1.82) is 0 Å². The van der Waals surface area contributed by atoms with Gasteiger partial charge in [-0.2, -0.15) is 0 Å². The van der Waals surface area contributed by atoms with Crippen molar-refractivity contribution in [3.8, 4) is 0 Å². The SMILES string of the molecule is O=C(C[C@H]1CCS(=O)(=O)C1)NCC1(c2ccc(F)cc2)CCC1. The Kier molecular flexibility index (Phi) is 4.45. The van der Waals surface area contributed by atoms with Gasteiger partial charge in [0.2, 0.25) is 5.91 Å². The molecule has 126 valence electrons. The van der Waals surface area contributed by atoms with Crippen LogP contribution in [0.15, 0.2) is 24.3 Å². The van der Waals surface area contributed by atoms with Crippen LogP contribution >= 0.6 is 0 Å². The molecule has 1 aliphatic heterocycles. The van der Waals surface area contributed by atoms with E-state index in [0.29, 0.717) is 13.0 Å². The summed E-state index contributed by atoms with van der Waals surface area (Å²) >= 11 is 0. The predicted molar refractivity (Wildman–Crippen MR) is 86.3 cm³/mol. The Morgan fingerprint density at radius 2 is 1.96 bits per heavy atom. The number of rotatable bonds is 5. The van der Waals surface area contributed by atoms with Gasteiger partial charge in [0.15, 0.2) is 9.84 Å². The van der Waals surface area contributed by atoms with Crippen LogP contribution in [0.1, 0.15) is 37.7 Å². The fraction of sp³-hybridized carbons (Fsp3) is 0.588. The third kappa shape index (κ3) is 3.74. The zero-order chi connectivity index (χ0) is 16.5. The van der Waals surface area contributed by atoms with Crippen LogP contribution in [0.2, 0.25) is 0 Å². The van der Waals surface area contributed by atoms with Crippen molar-refractivity contribution in [2.24, 2.45) is 5.92 Å². The molecule has 3 rings (SSSR count). The minimum atomic E-state index is -2.94. The summed E-state index contributed by atoms with van der Waals surface area (Å²) in [7, 11) is -2.94. The van der Waals surface area contributed by atoms with Crippen LogP contribution in [-0.4, -0.2) is 32.4 Å². The first-order chi connectivity index (χ1) is 10.9. The van der Waals surface area contributed by atoms with E-state index in [1.54, 1.807) is 12.1 Å². The molecule has 1 amide bonds. The second-order valence-electron chi connectivity index (χ2n) is 6.89. The summed E-state index contributed by atoms with van der Waals surface area (Å²) in [6, 6.07) is 6.51. The number of benzene rings is 1. The molecule has 1 aliphatic carbocycles. The average molecular weight is 339 g/mol. The van der Waals surface area contributed by atoms with Crippen LogP contribution in [0, 0.1) is 11.7 Å². The van der Waals surface area contributed by atoms with Crippen molar-refractivity contribution in [2.75, 3.05) is 18.1 Å². The largest absolute Gasteiger partial charge is 0.355 e. The smallest absolute Gasteiger partial charge is 0.220 e. The molecular formula is C17H22FNO3S. The summed E-state index contributed by atoms with van der Waals surface area (Å²) in [5.74, 6) is -0.0630. The molecule has 23 heavy (non-hydrogen) atoms. The second kappa shape index (κ2) is 6.23. The van der Waals surface area contributed by atoms with Gasteiger partial charge in [-0.05, 0) is 42.9 Å². The van der Waals surface area contributed by atoms with E-state index in [2.05, 4.69) is 5.32 Å². The topological polar surface area (TPSA) is 63.2 Å². The van der Waals surface area contributed by atoms with Crippen molar-refractivity contribution < 1.29 is 17.6 Å². The lowest BCUT2D eigenvalue weighted by Gasteiger charge is -2.42. The summed E-state index contributed by atoms with van der Waals surface area (Å²) < 4.78 is 36.0. The van der Waals surface area contributed by atoms with Gasteiger partial charge in [-0.25, -0.2) is 12.8 Å². The highest BCUT2D eigenvalue weighted by Gasteiger charge is 2.39. The zero-order valence-corrected chi connectivity index (χ0v) is 13.9. The Morgan fingerprint density at radius 3 is 2.48 bits per heavy atom. The summed E-state index contributed by atoms with van der Waals surface area (Å²) in [4.78, 5) is 12.1. The van der Waals surface area contributed by atoms with Crippen LogP contribution in [0.25, 0.3) is 0 Å². The maximum absolute atomic E-state index is 13.1. The molecule has 1 aromatic carbocycles. The average Bonchev–Trinajstić information content (AvgIpc) is 2.78. The number of amides is 1. The quantitative estimate of drug-likeness (QED) is 0.894. The Hall–Kier alpha value is -1.43. The van der Waals surface area contributed by atoms with Gasteiger partial charge in [0.05, 0.1) is 11.5 Å². The monoisotopic (exact) mass is 339 g/mol. The molecule has 1 N–H and O–H groups in total. The maximum atomic E-state index is 13.1. The first-order valence-corrected chi connectivity index (χ1v) is 9.94. The fourth-order valence-electron chi connectivity index (χ4n) is 3.61. The van der Waals surface area contributed by atoms with Crippen molar-refractivity contribution in [3.63, 3.8) is 0 Å². The normalized spacial score (nSPS) is 24.8. The van der Waals surface area contributed by atoms with Gasteiger partial charge in [-0.15, -0.1) is 0 Å². The molecule has 6 heteroatoms. The molecule has 0 aromatic heterocycles. The Labute approximate surface area is 136 Å². The van der Waals surface area contributed by atoms with Crippen molar-refractivity contribution in [2.45, 2.75) is 37.5 Å². The minimum absolute atomic E-state index is 0.0526. The van der Waals surface area contributed by atoms with E-state index in [4.69, 9.17) is 0 Å². The predicted octanol–water partition coefficient (Wildman–Crippen LogP) is 2.19. The van der Waals surface area contributed by atoms with Gasteiger partial charge in [-0.3, -0.25) is 4.79 Å². The van der Waals surface area contributed by atoms with E-state index >= 15 is 0 Å². The van der Waals surface area contributed by atoms with Gasteiger partial charge in [0.25, 0.3) is 0 Å². The number of hydrogen-bond donors (Lipinski definition) is 1. The molecule has 4 nitrogen and oxygen atoms in total. The van der Waals surface area contributed by atoms with Gasteiger partial charge < -0.3 is 5.32 Å². The van der Waals surface area contributed by atoms with E-state index in [9.17, 15) is 17.6 Å². The second-order valence-corrected chi connectivity index (χ2v) is 9.12. The van der Waals surface area contributed by atoms with Crippen LogP contribution < -0.4 is 5.32 Å². The fourth-order valence-corrected chi connectivity index (χ4v) is 5.47. The maximum Gasteiger partial charge on any atom is 0.220 e. The lowest BCUT2D eigenvalue weighted by molar-refractivity contribution is -0.122. The molecule has 1 saturated carbocycles. The standard InChI is InChI=1S/C17H22FNO3S/c18-15-4-2-14(3-5-15)17(7-1-8-17)12-19-16(20)10-13-6-9-23(21,22)11-13/h2-5,13H,1,6-12H2,(H,19,20)/t13-/m1/s1. The molecule has 1 saturated heterocycles.